The van der Waals surface area contributed by atoms with E-state index < -0.39 is 0 Å². The Kier molecular flexibility index (Phi) is 3.68. The molecular formula is C16H21N5O. The van der Waals surface area contributed by atoms with Gasteiger partial charge in [0.05, 0.1) is 11.6 Å². The van der Waals surface area contributed by atoms with E-state index in [1.807, 2.05) is 35.6 Å². The highest BCUT2D eigenvalue weighted by atomic mass is 16.2. The lowest BCUT2D eigenvalue weighted by Gasteiger charge is -2.39. The molecule has 0 aliphatic carbocycles. The molecule has 1 aliphatic heterocycles. The summed E-state index contributed by atoms with van der Waals surface area (Å²) in [4.78, 5) is 22.9. The molecule has 0 radical (unpaired) electrons. The first-order chi connectivity index (χ1) is 10.5. The van der Waals surface area contributed by atoms with Crippen LogP contribution in [-0.2, 0) is 0 Å². The van der Waals surface area contributed by atoms with Crippen molar-refractivity contribution in [1.82, 2.24) is 24.6 Å². The SMILES string of the molecule is Cc1nc(C)n(C2CN(C(=O)c3ccc(C(C)C)nc3)C2)n1. The van der Waals surface area contributed by atoms with Gasteiger partial charge in [0.25, 0.3) is 5.91 Å². The van der Waals surface area contributed by atoms with Gasteiger partial charge in [-0.2, -0.15) is 5.10 Å². The van der Waals surface area contributed by atoms with E-state index >= 15 is 0 Å². The fraction of sp³-hybridized carbons (Fsp3) is 0.500. The average molecular weight is 299 g/mol. The summed E-state index contributed by atoms with van der Waals surface area (Å²) in [5.74, 6) is 2.08. The van der Waals surface area contributed by atoms with E-state index in [9.17, 15) is 4.79 Å². The Labute approximate surface area is 130 Å². The maximum absolute atomic E-state index is 12.4. The first kappa shape index (κ1) is 14.7. The van der Waals surface area contributed by atoms with Gasteiger partial charge in [0.1, 0.15) is 11.6 Å². The van der Waals surface area contributed by atoms with Crippen molar-refractivity contribution in [2.24, 2.45) is 0 Å². The molecule has 1 saturated heterocycles. The van der Waals surface area contributed by atoms with Gasteiger partial charge in [0.15, 0.2) is 0 Å². The standard InChI is InChI=1S/C16H21N5O/c1-10(2)15-6-5-13(7-17-15)16(22)20-8-14(9-20)21-12(4)18-11(3)19-21/h5-7,10,14H,8-9H2,1-4H3. The van der Waals surface area contributed by atoms with E-state index in [1.54, 1.807) is 6.20 Å². The number of aromatic nitrogens is 4. The summed E-state index contributed by atoms with van der Waals surface area (Å²) < 4.78 is 1.92. The molecule has 22 heavy (non-hydrogen) atoms. The summed E-state index contributed by atoms with van der Waals surface area (Å²) >= 11 is 0. The zero-order chi connectivity index (χ0) is 15.9. The second-order valence-electron chi connectivity index (χ2n) is 6.14. The summed E-state index contributed by atoms with van der Waals surface area (Å²) in [5.41, 5.74) is 1.65. The van der Waals surface area contributed by atoms with E-state index in [1.165, 1.54) is 0 Å². The Morgan fingerprint density at radius 1 is 1.27 bits per heavy atom. The Morgan fingerprint density at radius 2 is 2.00 bits per heavy atom. The third-order valence-corrected chi connectivity index (χ3v) is 4.03. The maximum atomic E-state index is 12.4. The molecule has 1 aliphatic rings. The van der Waals surface area contributed by atoms with Crippen molar-refractivity contribution in [1.29, 1.82) is 0 Å². The molecule has 2 aromatic heterocycles. The van der Waals surface area contributed by atoms with Crippen LogP contribution in [0.15, 0.2) is 18.3 Å². The minimum absolute atomic E-state index is 0.0357. The van der Waals surface area contributed by atoms with Crippen LogP contribution in [0, 0.1) is 13.8 Å². The molecule has 2 aromatic rings. The molecule has 6 nitrogen and oxygen atoms in total. The molecule has 0 aromatic carbocycles. The van der Waals surface area contributed by atoms with E-state index in [0.717, 1.165) is 17.3 Å². The van der Waals surface area contributed by atoms with Crippen molar-refractivity contribution in [3.63, 3.8) is 0 Å². The zero-order valence-corrected chi connectivity index (χ0v) is 13.4. The number of carbonyl (C=O) groups is 1. The number of aryl methyl sites for hydroxylation is 2. The number of pyridine rings is 1. The van der Waals surface area contributed by atoms with Gasteiger partial charge in [-0.1, -0.05) is 13.8 Å². The van der Waals surface area contributed by atoms with Crippen LogP contribution in [0.4, 0.5) is 0 Å². The van der Waals surface area contributed by atoms with Crippen LogP contribution in [-0.4, -0.2) is 43.6 Å². The number of rotatable bonds is 3. The van der Waals surface area contributed by atoms with Gasteiger partial charge in [-0.15, -0.1) is 0 Å². The normalized spacial score (nSPS) is 15.2. The fourth-order valence-electron chi connectivity index (χ4n) is 2.71. The van der Waals surface area contributed by atoms with Gasteiger partial charge < -0.3 is 4.90 Å². The minimum Gasteiger partial charge on any atom is -0.334 e. The zero-order valence-electron chi connectivity index (χ0n) is 13.4. The third kappa shape index (κ3) is 2.61. The molecule has 3 heterocycles. The number of carbonyl (C=O) groups excluding carboxylic acids is 1. The molecule has 116 valence electrons. The molecule has 0 spiro atoms. The van der Waals surface area contributed by atoms with E-state index in [2.05, 4.69) is 28.9 Å². The molecule has 0 N–H and O–H groups in total. The van der Waals surface area contributed by atoms with Gasteiger partial charge in [-0.25, -0.2) is 9.67 Å². The lowest BCUT2D eigenvalue weighted by Crippen LogP contribution is -2.51. The molecular weight excluding hydrogens is 278 g/mol. The van der Waals surface area contributed by atoms with E-state index in [0.29, 0.717) is 24.6 Å². The molecule has 0 atom stereocenters. The van der Waals surface area contributed by atoms with Crippen molar-refractivity contribution in [3.8, 4) is 0 Å². The predicted molar refractivity (Wildman–Crippen MR) is 82.8 cm³/mol. The number of amides is 1. The average Bonchev–Trinajstić information content (AvgIpc) is 2.76. The number of hydrogen-bond donors (Lipinski definition) is 0. The summed E-state index contributed by atoms with van der Waals surface area (Å²) in [7, 11) is 0. The van der Waals surface area contributed by atoms with Crippen molar-refractivity contribution >= 4 is 5.91 Å². The predicted octanol–water partition coefficient (Wildman–Crippen LogP) is 2.11. The first-order valence-electron chi connectivity index (χ1n) is 7.60. The van der Waals surface area contributed by atoms with Crippen molar-refractivity contribution < 1.29 is 4.79 Å². The molecule has 1 amide bonds. The van der Waals surface area contributed by atoms with Crippen molar-refractivity contribution in [2.45, 2.75) is 39.7 Å². The van der Waals surface area contributed by atoms with Crippen molar-refractivity contribution in [2.75, 3.05) is 13.1 Å². The highest BCUT2D eigenvalue weighted by Crippen LogP contribution is 2.24. The summed E-state index contributed by atoms with van der Waals surface area (Å²) in [6.07, 6.45) is 1.68. The van der Waals surface area contributed by atoms with Crippen LogP contribution in [0.3, 0.4) is 0 Å². The second-order valence-corrected chi connectivity index (χ2v) is 6.14. The largest absolute Gasteiger partial charge is 0.334 e. The van der Waals surface area contributed by atoms with Gasteiger partial charge in [-0.3, -0.25) is 9.78 Å². The number of likely N-dealkylation sites (tertiary alicyclic amines) is 1. The summed E-state index contributed by atoms with van der Waals surface area (Å²) in [6.45, 7) is 9.35. The molecule has 6 heteroatoms. The summed E-state index contributed by atoms with van der Waals surface area (Å²) in [6, 6.07) is 4.02. The smallest absolute Gasteiger partial charge is 0.255 e. The minimum atomic E-state index is 0.0357. The van der Waals surface area contributed by atoms with Crippen LogP contribution < -0.4 is 0 Å². The van der Waals surface area contributed by atoms with Crippen molar-refractivity contribution in [3.05, 3.63) is 41.2 Å². The van der Waals surface area contributed by atoms with Gasteiger partial charge >= 0.3 is 0 Å². The Bertz CT molecular complexity index is 683. The van der Waals surface area contributed by atoms with Crippen LogP contribution in [0.1, 0.15) is 53.5 Å². The highest BCUT2D eigenvalue weighted by molar-refractivity contribution is 5.94. The Hall–Kier alpha value is -2.24. The Morgan fingerprint density at radius 3 is 2.50 bits per heavy atom. The van der Waals surface area contributed by atoms with E-state index in [4.69, 9.17) is 0 Å². The second kappa shape index (κ2) is 5.51. The van der Waals surface area contributed by atoms with Crippen LogP contribution in [0.5, 0.6) is 0 Å². The highest BCUT2D eigenvalue weighted by Gasteiger charge is 2.34. The molecule has 1 fully saturated rings. The van der Waals surface area contributed by atoms with Gasteiger partial charge in [0, 0.05) is 25.0 Å². The topological polar surface area (TPSA) is 63.9 Å². The molecule has 0 unspecified atom stereocenters. The molecule has 3 rings (SSSR count). The first-order valence-corrected chi connectivity index (χ1v) is 7.60. The molecule has 0 bridgehead atoms. The monoisotopic (exact) mass is 299 g/mol. The number of nitrogens with zero attached hydrogens (tertiary/aromatic N) is 5. The van der Waals surface area contributed by atoms with Gasteiger partial charge in [-0.05, 0) is 31.9 Å². The van der Waals surface area contributed by atoms with Crippen LogP contribution in [0.2, 0.25) is 0 Å². The third-order valence-electron chi connectivity index (χ3n) is 4.03. The van der Waals surface area contributed by atoms with E-state index in [-0.39, 0.29) is 11.9 Å². The number of hydrogen-bond acceptors (Lipinski definition) is 4. The van der Waals surface area contributed by atoms with Gasteiger partial charge in [0.2, 0.25) is 0 Å². The molecule has 0 saturated carbocycles. The van der Waals surface area contributed by atoms with Crippen LogP contribution >= 0.6 is 0 Å². The quantitative estimate of drug-likeness (QED) is 0.870. The fourth-order valence-corrected chi connectivity index (χ4v) is 2.71. The van der Waals surface area contributed by atoms with Crippen LogP contribution in [0.25, 0.3) is 0 Å². The summed E-state index contributed by atoms with van der Waals surface area (Å²) in [5, 5.41) is 4.38. The lowest BCUT2D eigenvalue weighted by atomic mass is 10.1. The maximum Gasteiger partial charge on any atom is 0.255 e. The Balaban J connectivity index is 1.65. The lowest BCUT2D eigenvalue weighted by molar-refractivity contribution is 0.0496.